The van der Waals surface area contributed by atoms with Crippen LogP contribution >= 0.6 is 0 Å². The normalized spacial score (nSPS) is 10.6. The van der Waals surface area contributed by atoms with Gasteiger partial charge in [0.2, 0.25) is 5.91 Å². The van der Waals surface area contributed by atoms with E-state index in [1.807, 2.05) is 48.6 Å². The summed E-state index contributed by atoms with van der Waals surface area (Å²) in [6, 6.07) is 15.1. The fourth-order valence-electron chi connectivity index (χ4n) is 1.94. The topological polar surface area (TPSA) is 60.2 Å². The molecule has 0 aliphatic rings. The third-order valence-corrected chi connectivity index (χ3v) is 2.91. The van der Waals surface area contributed by atoms with Gasteiger partial charge in [-0.05, 0) is 16.7 Å². The number of nitrogens with two attached hydrogens (primary N) is 1. The van der Waals surface area contributed by atoms with Gasteiger partial charge in [-0.25, -0.2) is 0 Å². The minimum absolute atomic E-state index is 0.172. The van der Waals surface area contributed by atoms with Crippen LogP contribution in [0.3, 0.4) is 0 Å². The zero-order valence-corrected chi connectivity index (χ0v) is 11.0. The molecule has 2 aromatic carbocycles. The van der Waals surface area contributed by atoms with Crippen molar-refractivity contribution in [1.29, 1.82) is 0 Å². The summed E-state index contributed by atoms with van der Waals surface area (Å²) in [6.07, 6.45) is 4.77. The van der Waals surface area contributed by atoms with E-state index >= 15 is 0 Å². The second-order valence-corrected chi connectivity index (χ2v) is 4.47. The standard InChI is InChI=1S/C17H15NO2/c18-17(20)11-14-7-9-16(12-19)15(10-14)8-6-13-4-2-1-3-5-13/h1-10,12H,11H2,(H2,18,20). The highest BCUT2D eigenvalue weighted by Gasteiger charge is 2.03. The molecule has 0 fully saturated rings. The number of primary amides is 1. The molecule has 100 valence electrons. The van der Waals surface area contributed by atoms with Crippen LogP contribution in [0.5, 0.6) is 0 Å². The molecule has 0 heterocycles. The predicted molar refractivity (Wildman–Crippen MR) is 80.1 cm³/mol. The van der Waals surface area contributed by atoms with Crippen molar-refractivity contribution in [3.63, 3.8) is 0 Å². The molecule has 0 saturated heterocycles. The van der Waals surface area contributed by atoms with Crippen molar-refractivity contribution in [2.24, 2.45) is 5.73 Å². The van der Waals surface area contributed by atoms with Gasteiger partial charge in [0.1, 0.15) is 0 Å². The molecule has 1 amide bonds. The van der Waals surface area contributed by atoms with E-state index in [1.165, 1.54) is 0 Å². The minimum atomic E-state index is -0.387. The van der Waals surface area contributed by atoms with Crippen molar-refractivity contribution in [2.45, 2.75) is 6.42 Å². The molecule has 0 aromatic heterocycles. The number of hydrogen-bond donors (Lipinski definition) is 1. The Labute approximate surface area is 117 Å². The Bertz CT molecular complexity index is 645. The highest BCUT2D eigenvalue weighted by Crippen LogP contribution is 2.15. The Hall–Kier alpha value is -2.68. The molecule has 0 atom stereocenters. The Morgan fingerprint density at radius 3 is 2.40 bits per heavy atom. The summed E-state index contributed by atoms with van der Waals surface area (Å²) in [7, 11) is 0. The lowest BCUT2D eigenvalue weighted by Gasteiger charge is -2.03. The quantitative estimate of drug-likeness (QED) is 0.667. The Morgan fingerprint density at radius 2 is 1.75 bits per heavy atom. The molecule has 0 unspecified atom stereocenters. The van der Waals surface area contributed by atoms with E-state index in [0.717, 1.165) is 23.0 Å². The first-order valence-corrected chi connectivity index (χ1v) is 6.28. The van der Waals surface area contributed by atoms with Crippen LogP contribution in [-0.4, -0.2) is 12.2 Å². The molecular formula is C17H15NO2. The van der Waals surface area contributed by atoms with Crippen molar-refractivity contribution >= 4 is 24.3 Å². The van der Waals surface area contributed by atoms with Crippen LogP contribution in [0.1, 0.15) is 27.0 Å². The Morgan fingerprint density at radius 1 is 1.00 bits per heavy atom. The lowest BCUT2D eigenvalue weighted by atomic mass is 10.0. The second-order valence-electron chi connectivity index (χ2n) is 4.47. The van der Waals surface area contributed by atoms with Crippen LogP contribution in [0.2, 0.25) is 0 Å². The molecule has 3 heteroatoms. The zero-order valence-electron chi connectivity index (χ0n) is 11.0. The third-order valence-electron chi connectivity index (χ3n) is 2.91. The zero-order chi connectivity index (χ0) is 14.4. The van der Waals surface area contributed by atoms with Crippen LogP contribution in [0.4, 0.5) is 0 Å². The average Bonchev–Trinajstić information content (AvgIpc) is 2.46. The van der Waals surface area contributed by atoms with Crippen molar-refractivity contribution in [3.8, 4) is 0 Å². The first-order chi connectivity index (χ1) is 9.69. The fourth-order valence-corrected chi connectivity index (χ4v) is 1.94. The lowest BCUT2D eigenvalue weighted by Crippen LogP contribution is -2.13. The van der Waals surface area contributed by atoms with Gasteiger partial charge < -0.3 is 5.73 Å². The summed E-state index contributed by atoms with van der Waals surface area (Å²) in [4.78, 5) is 22.0. The van der Waals surface area contributed by atoms with Gasteiger partial charge in [0.15, 0.2) is 6.29 Å². The summed E-state index contributed by atoms with van der Waals surface area (Å²) in [5.41, 5.74) is 8.40. The smallest absolute Gasteiger partial charge is 0.221 e. The highest BCUT2D eigenvalue weighted by atomic mass is 16.1. The van der Waals surface area contributed by atoms with E-state index in [0.29, 0.717) is 5.56 Å². The summed E-state index contributed by atoms with van der Waals surface area (Å²) in [5.74, 6) is -0.387. The number of benzene rings is 2. The molecule has 2 N–H and O–H groups in total. The molecule has 2 aromatic rings. The van der Waals surface area contributed by atoms with Gasteiger partial charge in [-0.3, -0.25) is 9.59 Å². The lowest BCUT2D eigenvalue weighted by molar-refractivity contribution is -0.117. The summed E-state index contributed by atoms with van der Waals surface area (Å²) < 4.78 is 0. The molecule has 0 bridgehead atoms. The molecular weight excluding hydrogens is 250 g/mol. The van der Waals surface area contributed by atoms with Crippen LogP contribution in [0.15, 0.2) is 48.5 Å². The summed E-state index contributed by atoms with van der Waals surface area (Å²) in [5, 5.41) is 0. The molecule has 0 aliphatic heterocycles. The largest absolute Gasteiger partial charge is 0.369 e. The van der Waals surface area contributed by atoms with Crippen LogP contribution in [-0.2, 0) is 11.2 Å². The van der Waals surface area contributed by atoms with Crippen molar-refractivity contribution in [1.82, 2.24) is 0 Å². The molecule has 0 radical (unpaired) electrons. The fraction of sp³-hybridized carbons (Fsp3) is 0.0588. The number of hydrogen-bond acceptors (Lipinski definition) is 2. The van der Waals surface area contributed by atoms with E-state index in [9.17, 15) is 9.59 Å². The molecule has 20 heavy (non-hydrogen) atoms. The van der Waals surface area contributed by atoms with E-state index in [1.54, 1.807) is 12.1 Å². The van der Waals surface area contributed by atoms with E-state index < -0.39 is 0 Å². The van der Waals surface area contributed by atoms with Crippen molar-refractivity contribution in [2.75, 3.05) is 0 Å². The van der Waals surface area contributed by atoms with Gasteiger partial charge in [-0.1, -0.05) is 60.7 Å². The molecule has 0 aliphatic carbocycles. The second kappa shape index (κ2) is 6.48. The van der Waals surface area contributed by atoms with Crippen LogP contribution in [0.25, 0.3) is 12.2 Å². The predicted octanol–water partition coefficient (Wildman–Crippen LogP) is 2.70. The monoisotopic (exact) mass is 265 g/mol. The maximum atomic E-state index is 11.0. The Kier molecular flexibility index (Phi) is 4.45. The van der Waals surface area contributed by atoms with Gasteiger partial charge in [-0.2, -0.15) is 0 Å². The van der Waals surface area contributed by atoms with Crippen LogP contribution in [0, 0.1) is 0 Å². The van der Waals surface area contributed by atoms with Gasteiger partial charge in [0.25, 0.3) is 0 Å². The van der Waals surface area contributed by atoms with Gasteiger partial charge >= 0.3 is 0 Å². The maximum Gasteiger partial charge on any atom is 0.221 e. The minimum Gasteiger partial charge on any atom is -0.369 e. The first kappa shape index (κ1) is 13.7. The SMILES string of the molecule is NC(=O)Cc1ccc(C=O)c(C=Cc2ccccc2)c1. The number of carbonyl (C=O) groups is 2. The van der Waals surface area contributed by atoms with Crippen molar-refractivity contribution in [3.05, 3.63) is 70.8 Å². The number of carbonyl (C=O) groups excluding carboxylic acids is 2. The molecule has 0 spiro atoms. The number of amides is 1. The Balaban J connectivity index is 2.31. The average molecular weight is 265 g/mol. The molecule has 2 rings (SSSR count). The van der Waals surface area contributed by atoms with Crippen molar-refractivity contribution < 1.29 is 9.59 Å². The third kappa shape index (κ3) is 3.65. The number of rotatable bonds is 5. The van der Waals surface area contributed by atoms with Crippen LogP contribution < -0.4 is 5.73 Å². The van der Waals surface area contributed by atoms with Gasteiger partial charge in [-0.15, -0.1) is 0 Å². The first-order valence-electron chi connectivity index (χ1n) is 6.28. The van der Waals surface area contributed by atoms with Gasteiger partial charge in [0, 0.05) is 5.56 Å². The van der Waals surface area contributed by atoms with E-state index in [2.05, 4.69) is 0 Å². The molecule has 0 saturated carbocycles. The van der Waals surface area contributed by atoms with E-state index in [-0.39, 0.29) is 12.3 Å². The highest BCUT2D eigenvalue weighted by molar-refractivity contribution is 5.86. The number of aldehydes is 1. The van der Waals surface area contributed by atoms with E-state index in [4.69, 9.17) is 5.73 Å². The summed E-state index contributed by atoms with van der Waals surface area (Å²) >= 11 is 0. The summed E-state index contributed by atoms with van der Waals surface area (Å²) in [6.45, 7) is 0. The maximum absolute atomic E-state index is 11.0. The molecule has 3 nitrogen and oxygen atoms in total. The van der Waals surface area contributed by atoms with Gasteiger partial charge in [0.05, 0.1) is 6.42 Å².